The van der Waals surface area contributed by atoms with Gasteiger partial charge in [-0.25, -0.2) is 13.1 Å². The molecule has 0 saturated heterocycles. The lowest BCUT2D eigenvalue weighted by Gasteiger charge is -2.25. The predicted molar refractivity (Wildman–Crippen MR) is 87.9 cm³/mol. The molecule has 1 saturated carbocycles. The van der Waals surface area contributed by atoms with E-state index < -0.39 is 10.0 Å². The molecule has 0 aromatic rings. The van der Waals surface area contributed by atoms with Crippen molar-refractivity contribution in [3.8, 4) is 0 Å². The van der Waals surface area contributed by atoms with Crippen molar-refractivity contribution in [3.05, 3.63) is 0 Å². The number of sulfonamides is 1. The van der Waals surface area contributed by atoms with Crippen molar-refractivity contribution in [2.24, 2.45) is 16.8 Å². The molecule has 0 amide bonds. The van der Waals surface area contributed by atoms with E-state index in [1.54, 1.807) is 0 Å². The molecule has 1 rings (SSSR count). The Morgan fingerprint density at radius 2 is 2.00 bits per heavy atom. The number of nitrogens with one attached hydrogen (secondary N) is 3. The van der Waals surface area contributed by atoms with Gasteiger partial charge in [0.2, 0.25) is 10.0 Å². The van der Waals surface area contributed by atoms with Crippen LogP contribution in [0.5, 0.6) is 0 Å². The summed E-state index contributed by atoms with van der Waals surface area (Å²) in [7, 11) is -3.19. The van der Waals surface area contributed by atoms with Crippen LogP contribution >= 0.6 is 0 Å². The van der Waals surface area contributed by atoms with Crippen molar-refractivity contribution in [3.63, 3.8) is 0 Å². The first-order chi connectivity index (χ1) is 9.93. The van der Waals surface area contributed by atoms with Gasteiger partial charge in [-0.15, -0.1) is 0 Å². The molecule has 21 heavy (non-hydrogen) atoms. The van der Waals surface area contributed by atoms with Crippen molar-refractivity contribution >= 4 is 16.0 Å². The highest BCUT2D eigenvalue weighted by atomic mass is 32.2. The van der Waals surface area contributed by atoms with Crippen LogP contribution in [-0.4, -0.2) is 46.3 Å². The molecule has 1 fully saturated rings. The fourth-order valence-electron chi connectivity index (χ4n) is 1.93. The lowest BCUT2D eigenvalue weighted by molar-refractivity contribution is 0.316. The maximum absolute atomic E-state index is 11.9. The second-order valence-electron chi connectivity index (χ2n) is 6.00. The Kier molecular flexibility index (Phi) is 8.03. The summed E-state index contributed by atoms with van der Waals surface area (Å²) in [6.07, 6.45) is 3.52. The molecular weight excluding hydrogens is 288 g/mol. The first kappa shape index (κ1) is 18.2. The Hall–Kier alpha value is -0.820. The zero-order chi connectivity index (χ0) is 15.7. The third-order valence-corrected chi connectivity index (χ3v) is 4.79. The molecule has 0 spiro atoms. The smallest absolute Gasteiger partial charge is 0.213 e. The topological polar surface area (TPSA) is 82.6 Å². The number of guanidine groups is 1. The van der Waals surface area contributed by atoms with Crippen molar-refractivity contribution in [2.45, 2.75) is 40.0 Å². The predicted octanol–water partition coefficient (Wildman–Crippen LogP) is 0.917. The number of nitrogens with zero attached hydrogens (tertiary/aromatic N) is 1. The average molecular weight is 318 g/mol. The summed E-state index contributed by atoms with van der Waals surface area (Å²) >= 11 is 0. The Balaban J connectivity index is 2.28. The Bertz CT molecular complexity index is 417. The lowest BCUT2D eigenvalue weighted by atomic mass is 9.86. The van der Waals surface area contributed by atoms with E-state index in [0.717, 1.165) is 25.9 Å². The molecule has 7 heteroatoms. The Morgan fingerprint density at radius 1 is 1.29 bits per heavy atom. The fraction of sp³-hybridized carbons (Fsp3) is 0.929. The summed E-state index contributed by atoms with van der Waals surface area (Å²) in [4.78, 5) is 4.41. The van der Waals surface area contributed by atoms with Gasteiger partial charge < -0.3 is 10.6 Å². The van der Waals surface area contributed by atoms with Crippen LogP contribution in [0.1, 0.15) is 40.0 Å². The number of hydrogen-bond acceptors (Lipinski definition) is 3. The summed E-state index contributed by atoms with van der Waals surface area (Å²) < 4.78 is 26.4. The molecule has 6 nitrogen and oxygen atoms in total. The largest absolute Gasteiger partial charge is 0.357 e. The van der Waals surface area contributed by atoms with Crippen molar-refractivity contribution in [1.29, 1.82) is 0 Å². The molecule has 0 aromatic heterocycles. The van der Waals surface area contributed by atoms with Crippen LogP contribution in [0.2, 0.25) is 0 Å². The first-order valence-corrected chi connectivity index (χ1v) is 9.57. The minimum atomic E-state index is -3.19. The Labute approximate surface area is 129 Å². The molecule has 0 aromatic carbocycles. The highest BCUT2D eigenvalue weighted by molar-refractivity contribution is 7.89. The second kappa shape index (κ2) is 9.25. The van der Waals surface area contributed by atoms with Gasteiger partial charge in [-0.3, -0.25) is 4.99 Å². The maximum atomic E-state index is 11.9. The van der Waals surface area contributed by atoms with Crippen molar-refractivity contribution < 1.29 is 8.42 Å². The average Bonchev–Trinajstić information content (AvgIpc) is 2.33. The van der Waals surface area contributed by atoms with Crippen LogP contribution in [0.3, 0.4) is 0 Å². The van der Waals surface area contributed by atoms with E-state index in [1.807, 2.05) is 6.92 Å². The molecular formula is C14H30N4O2S. The van der Waals surface area contributed by atoms with E-state index in [4.69, 9.17) is 0 Å². The van der Waals surface area contributed by atoms with Gasteiger partial charge in [0, 0.05) is 26.2 Å². The van der Waals surface area contributed by atoms with E-state index in [1.165, 1.54) is 6.42 Å². The normalized spacial score (nSPS) is 16.9. The Morgan fingerprint density at radius 3 is 2.52 bits per heavy atom. The summed E-state index contributed by atoms with van der Waals surface area (Å²) in [5, 5.41) is 6.18. The van der Waals surface area contributed by atoms with E-state index in [-0.39, 0.29) is 5.75 Å². The van der Waals surface area contributed by atoms with Gasteiger partial charge in [0.1, 0.15) is 0 Å². The summed E-state index contributed by atoms with van der Waals surface area (Å²) in [6.45, 7) is 8.62. The lowest BCUT2D eigenvalue weighted by Crippen LogP contribution is -2.42. The van der Waals surface area contributed by atoms with Crippen LogP contribution < -0.4 is 15.4 Å². The molecule has 0 radical (unpaired) electrons. The minimum absolute atomic E-state index is 0.0752. The molecule has 3 N–H and O–H groups in total. The second-order valence-corrected chi connectivity index (χ2v) is 7.93. The molecule has 0 atom stereocenters. The molecule has 0 heterocycles. The molecule has 1 aliphatic carbocycles. The summed E-state index contributed by atoms with van der Waals surface area (Å²) in [5.74, 6) is 1.78. The highest BCUT2D eigenvalue weighted by Gasteiger charge is 2.19. The van der Waals surface area contributed by atoms with Gasteiger partial charge in [-0.2, -0.15) is 0 Å². The number of hydrogen-bond donors (Lipinski definition) is 3. The van der Waals surface area contributed by atoms with Gasteiger partial charge in [0.05, 0.1) is 5.75 Å². The van der Waals surface area contributed by atoms with E-state index in [2.05, 4.69) is 34.2 Å². The third kappa shape index (κ3) is 8.26. The number of aliphatic imine (C=N–C) groups is 1. The maximum Gasteiger partial charge on any atom is 0.213 e. The first-order valence-electron chi connectivity index (χ1n) is 7.92. The monoisotopic (exact) mass is 318 g/mol. The van der Waals surface area contributed by atoms with Crippen LogP contribution in [0, 0.1) is 11.8 Å². The SMILES string of the molecule is CCNC(=NCC(C)C)NCCS(=O)(=O)NCC1CCC1. The molecule has 0 bridgehead atoms. The van der Waals surface area contributed by atoms with Crippen LogP contribution in [-0.2, 0) is 10.0 Å². The van der Waals surface area contributed by atoms with Gasteiger partial charge in [0.15, 0.2) is 5.96 Å². The van der Waals surface area contributed by atoms with Crippen LogP contribution in [0.4, 0.5) is 0 Å². The van der Waals surface area contributed by atoms with Crippen molar-refractivity contribution in [2.75, 3.05) is 31.9 Å². The molecule has 0 unspecified atom stereocenters. The van der Waals surface area contributed by atoms with E-state index >= 15 is 0 Å². The van der Waals surface area contributed by atoms with Gasteiger partial charge in [-0.05, 0) is 31.6 Å². The third-order valence-electron chi connectivity index (χ3n) is 3.44. The van der Waals surface area contributed by atoms with E-state index in [0.29, 0.717) is 30.9 Å². The highest BCUT2D eigenvalue weighted by Crippen LogP contribution is 2.25. The summed E-state index contributed by atoms with van der Waals surface area (Å²) in [6, 6.07) is 0. The van der Waals surface area contributed by atoms with Gasteiger partial charge in [0.25, 0.3) is 0 Å². The standard InChI is InChI=1S/C14H30N4O2S/c1-4-15-14(17-10-12(2)3)16-8-9-21(19,20)18-11-13-6-5-7-13/h12-13,18H,4-11H2,1-3H3,(H2,15,16,17). The zero-order valence-electron chi connectivity index (χ0n) is 13.5. The molecule has 1 aliphatic rings. The zero-order valence-corrected chi connectivity index (χ0v) is 14.3. The van der Waals surface area contributed by atoms with Crippen LogP contribution in [0.25, 0.3) is 0 Å². The minimum Gasteiger partial charge on any atom is -0.357 e. The fourth-order valence-corrected chi connectivity index (χ4v) is 2.94. The van der Waals surface area contributed by atoms with Gasteiger partial charge >= 0.3 is 0 Å². The number of rotatable bonds is 9. The quantitative estimate of drug-likeness (QED) is 0.436. The van der Waals surface area contributed by atoms with Crippen molar-refractivity contribution in [1.82, 2.24) is 15.4 Å². The van der Waals surface area contributed by atoms with E-state index in [9.17, 15) is 8.42 Å². The van der Waals surface area contributed by atoms with Gasteiger partial charge in [-0.1, -0.05) is 20.3 Å². The summed E-state index contributed by atoms with van der Waals surface area (Å²) in [5.41, 5.74) is 0. The van der Waals surface area contributed by atoms with Crippen LogP contribution in [0.15, 0.2) is 4.99 Å². The molecule has 0 aliphatic heterocycles. The molecule has 124 valence electrons.